The van der Waals surface area contributed by atoms with Crippen LogP contribution in [-0.2, 0) is 0 Å². The molecule has 1 unspecified atom stereocenters. The van der Waals surface area contributed by atoms with E-state index in [0.717, 1.165) is 37.0 Å². The Morgan fingerprint density at radius 1 is 1.33 bits per heavy atom. The smallest absolute Gasteiger partial charge is 0.136 e. The SMILES string of the molecule is CCNc1cc(NCCC(C)O)nc(C2CC2)n1. The van der Waals surface area contributed by atoms with Gasteiger partial charge in [-0.3, -0.25) is 0 Å². The van der Waals surface area contributed by atoms with Crippen LogP contribution in [0.25, 0.3) is 0 Å². The second-order valence-corrected chi connectivity index (χ2v) is 4.87. The lowest BCUT2D eigenvalue weighted by Crippen LogP contribution is -2.12. The molecule has 1 heterocycles. The second kappa shape index (κ2) is 6.00. The van der Waals surface area contributed by atoms with Crippen LogP contribution in [0.4, 0.5) is 11.6 Å². The Morgan fingerprint density at radius 2 is 2.00 bits per heavy atom. The maximum atomic E-state index is 9.24. The van der Waals surface area contributed by atoms with Crippen LogP contribution in [0.2, 0.25) is 0 Å². The van der Waals surface area contributed by atoms with Gasteiger partial charge in [0.15, 0.2) is 0 Å². The van der Waals surface area contributed by atoms with Crippen molar-refractivity contribution in [2.45, 2.75) is 45.1 Å². The summed E-state index contributed by atoms with van der Waals surface area (Å²) in [5.41, 5.74) is 0. The van der Waals surface area contributed by atoms with Crippen LogP contribution in [-0.4, -0.2) is 34.3 Å². The summed E-state index contributed by atoms with van der Waals surface area (Å²) in [6.45, 7) is 5.43. The highest BCUT2D eigenvalue weighted by molar-refractivity contribution is 5.48. The quantitative estimate of drug-likeness (QED) is 0.690. The maximum absolute atomic E-state index is 9.24. The number of aromatic nitrogens is 2. The summed E-state index contributed by atoms with van der Waals surface area (Å²) in [5, 5.41) is 15.7. The molecule has 1 atom stereocenters. The molecule has 18 heavy (non-hydrogen) atoms. The molecule has 100 valence electrons. The molecule has 5 nitrogen and oxygen atoms in total. The molecule has 1 aliphatic carbocycles. The van der Waals surface area contributed by atoms with Crippen molar-refractivity contribution in [3.63, 3.8) is 0 Å². The van der Waals surface area contributed by atoms with E-state index in [9.17, 15) is 5.11 Å². The third-order valence-electron chi connectivity index (χ3n) is 2.91. The molecule has 3 N–H and O–H groups in total. The van der Waals surface area contributed by atoms with Crippen LogP contribution in [0.3, 0.4) is 0 Å². The van der Waals surface area contributed by atoms with Gasteiger partial charge < -0.3 is 15.7 Å². The van der Waals surface area contributed by atoms with E-state index in [1.807, 2.05) is 6.07 Å². The molecule has 0 aromatic carbocycles. The van der Waals surface area contributed by atoms with Gasteiger partial charge in [0, 0.05) is 25.1 Å². The van der Waals surface area contributed by atoms with E-state index in [1.54, 1.807) is 6.92 Å². The fourth-order valence-electron chi connectivity index (χ4n) is 1.76. The van der Waals surface area contributed by atoms with Gasteiger partial charge in [-0.2, -0.15) is 0 Å². The van der Waals surface area contributed by atoms with E-state index in [4.69, 9.17) is 0 Å². The van der Waals surface area contributed by atoms with E-state index in [0.29, 0.717) is 5.92 Å². The zero-order chi connectivity index (χ0) is 13.0. The Hall–Kier alpha value is -1.36. The highest BCUT2D eigenvalue weighted by atomic mass is 16.3. The monoisotopic (exact) mass is 250 g/mol. The van der Waals surface area contributed by atoms with Crippen molar-refractivity contribution in [1.29, 1.82) is 0 Å². The lowest BCUT2D eigenvalue weighted by atomic mass is 10.3. The summed E-state index contributed by atoms with van der Waals surface area (Å²) in [6, 6.07) is 1.93. The zero-order valence-electron chi connectivity index (χ0n) is 11.1. The van der Waals surface area contributed by atoms with E-state index >= 15 is 0 Å². The number of anilines is 2. The molecule has 0 bridgehead atoms. The molecule has 0 spiro atoms. The first-order valence-corrected chi connectivity index (χ1v) is 6.73. The summed E-state index contributed by atoms with van der Waals surface area (Å²) in [6.07, 6.45) is 2.83. The number of nitrogens with one attached hydrogen (secondary N) is 2. The van der Waals surface area contributed by atoms with Gasteiger partial charge in [-0.1, -0.05) is 0 Å². The summed E-state index contributed by atoms with van der Waals surface area (Å²) in [4.78, 5) is 9.05. The average molecular weight is 250 g/mol. The summed E-state index contributed by atoms with van der Waals surface area (Å²) in [5.74, 6) is 3.21. The van der Waals surface area contributed by atoms with Crippen LogP contribution in [0.15, 0.2) is 6.07 Å². The Labute approximate surface area is 108 Å². The average Bonchev–Trinajstić information content (AvgIpc) is 3.12. The highest BCUT2D eigenvalue weighted by Gasteiger charge is 2.27. The van der Waals surface area contributed by atoms with Crippen LogP contribution in [0, 0.1) is 0 Å². The molecule has 0 aliphatic heterocycles. The largest absolute Gasteiger partial charge is 0.393 e. The molecule has 0 saturated heterocycles. The molecule has 2 rings (SSSR count). The highest BCUT2D eigenvalue weighted by Crippen LogP contribution is 2.38. The lowest BCUT2D eigenvalue weighted by Gasteiger charge is -2.11. The maximum Gasteiger partial charge on any atom is 0.136 e. The number of hydrogen-bond donors (Lipinski definition) is 3. The van der Waals surface area contributed by atoms with Gasteiger partial charge in [0.1, 0.15) is 17.5 Å². The van der Waals surface area contributed by atoms with Gasteiger partial charge in [0.05, 0.1) is 6.10 Å². The first-order valence-electron chi connectivity index (χ1n) is 6.73. The van der Waals surface area contributed by atoms with Crippen LogP contribution in [0.5, 0.6) is 0 Å². The Bertz CT molecular complexity index is 391. The molecule has 1 aromatic heterocycles. The number of nitrogens with zero attached hydrogens (tertiary/aromatic N) is 2. The number of rotatable bonds is 7. The molecule has 1 fully saturated rings. The summed E-state index contributed by atoms with van der Waals surface area (Å²) in [7, 11) is 0. The third kappa shape index (κ3) is 3.84. The van der Waals surface area contributed by atoms with Crippen LogP contribution < -0.4 is 10.6 Å². The molecule has 1 saturated carbocycles. The van der Waals surface area contributed by atoms with Gasteiger partial charge in [-0.25, -0.2) is 9.97 Å². The molecule has 0 radical (unpaired) electrons. The molecule has 1 aromatic rings. The molecule has 1 aliphatic rings. The second-order valence-electron chi connectivity index (χ2n) is 4.87. The first kappa shape index (κ1) is 13.1. The fourth-order valence-corrected chi connectivity index (χ4v) is 1.76. The normalized spacial score (nSPS) is 16.4. The standard InChI is InChI=1S/C13H22N4O/c1-3-14-11-8-12(15-7-6-9(2)18)17-13(16-11)10-4-5-10/h8-10,18H,3-7H2,1-2H3,(H2,14,15,16,17). The number of aliphatic hydroxyl groups excluding tert-OH is 1. The zero-order valence-corrected chi connectivity index (χ0v) is 11.1. The minimum Gasteiger partial charge on any atom is -0.393 e. The van der Waals surface area contributed by atoms with Crippen molar-refractivity contribution in [1.82, 2.24) is 9.97 Å². The minimum atomic E-state index is -0.282. The van der Waals surface area contributed by atoms with Gasteiger partial charge in [0.25, 0.3) is 0 Å². The van der Waals surface area contributed by atoms with Gasteiger partial charge >= 0.3 is 0 Å². The summed E-state index contributed by atoms with van der Waals surface area (Å²) >= 11 is 0. The Balaban J connectivity index is 2.02. The van der Waals surface area contributed by atoms with Crippen molar-refractivity contribution in [2.24, 2.45) is 0 Å². The number of hydrogen-bond acceptors (Lipinski definition) is 5. The van der Waals surface area contributed by atoms with E-state index < -0.39 is 0 Å². The van der Waals surface area contributed by atoms with Crippen molar-refractivity contribution in [3.05, 3.63) is 11.9 Å². The van der Waals surface area contributed by atoms with E-state index in [1.165, 1.54) is 12.8 Å². The molecular formula is C13H22N4O. The topological polar surface area (TPSA) is 70.1 Å². The van der Waals surface area contributed by atoms with Crippen LogP contribution >= 0.6 is 0 Å². The first-order chi connectivity index (χ1) is 8.69. The molecule has 5 heteroatoms. The minimum absolute atomic E-state index is 0.282. The predicted octanol–water partition coefficient (Wildman–Crippen LogP) is 1.97. The third-order valence-corrected chi connectivity index (χ3v) is 2.91. The van der Waals surface area contributed by atoms with Crippen molar-refractivity contribution in [2.75, 3.05) is 23.7 Å². The summed E-state index contributed by atoms with van der Waals surface area (Å²) < 4.78 is 0. The van der Waals surface area contributed by atoms with Gasteiger partial charge in [-0.15, -0.1) is 0 Å². The van der Waals surface area contributed by atoms with Gasteiger partial charge in [-0.05, 0) is 33.1 Å². The molecular weight excluding hydrogens is 228 g/mol. The van der Waals surface area contributed by atoms with E-state index in [2.05, 4.69) is 27.5 Å². The Kier molecular flexibility index (Phi) is 4.36. The fraction of sp³-hybridized carbons (Fsp3) is 0.692. The van der Waals surface area contributed by atoms with Crippen molar-refractivity contribution < 1.29 is 5.11 Å². The molecule has 0 amide bonds. The Morgan fingerprint density at radius 3 is 2.56 bits per heavy atom. The number of aliphatic hydroxyl groups is 1. The van der Waals surface area contributed by atoms with Crippen molar-refractivity contribution in [3.8, 4) is 0 Å². The van der Waals surface area contributed by atoms with E-state index in [-0.39, 0.29) is 6.10 Å². The predicted molar refractivity (Wildman–Crippen MR) is 73.0 cm³/mol. The van der Waals surface area contributed by atoms with Crippen molar-refractivity contribution >= 4 is 11.6 Å². The lowest BCUT2D eigenvalue weighted by molar-refractivity contribution is 0.188. The van der Waals surface area contributed by atoms with Crippen LogP contribution in [0.1, 0.15) is 44.9 Å². The van der Waals surface area contributed by atoms with Gasteiger partial charge in [0.2, 0.25) is 0 Å².